The number of nitriles is 1. The second kappa shape index (κ2) is 9.77. The molecule has 0 fully saturated rings. The zero-order chi connectivity index (χ0) is 23.2. The molecule has 0 aliphatic rings. The molecule has 0 aliphatic heterocycles. The van der Waals surface area contributed by atoms with Crippen LogP contribution in [0.15, 0.2) is 89.7 Å². The minimum atomic E-state index is -0.636. The minimum Gasteiger partial charge on any atom is -0.358 e. The number of hydrogen-bond acceptors (Lipinski definition) is 5. The van der Waals surface area contributed by atoms with Crippen LogP contribution in [0.2, 0.25) is 0 Å². The predicted octanol–water partition coefficient (Wildman–Crippen LogP) is 3.20. The summed E-state index contributed by atoms with van der Waals surface area (Å²) < 4.78 is 15.7. The molecule has 0 bridgehead atoms. The molecular formula is C25H17FN4O2S. The molecule has 0 atom stereocenters. The Hall–Kier alpha value is -4.48. The fourth-order valence-electron chi connectivity index (χ4n) is 3.09. The van der Waals surface area contributed by atoms with Gasteiger partial charge in [0.15, 0.2) is 5.57 Å². The number of nitrogens with one attached hydrogen (secondary N) is 2. The van der Waals surface area contributed by atoms with Crippen molar-refractivity contribution in [3.05, 3.63) is 110 Å². The van der Waals surface area contributed by atoms with E-state index in [9.17, 15) is 19.2 Å². The smallest absolute Gasteiger partial charge is 0.275 e. The molecule has 0 saturated heterocycles. The number of benzene rings is 3. The number of hydrogen-bond donors (Lipinski definition) is 2. The van der Waals surface area contributed by atoms with Crippen LogP contribution in [-0.4, -0.2) is 10.5 Å². The number of aromatic nitrogens is 1. The summed E-state index contributed by atoms with van der Waals surface area (Å²) >= 11 is 0.967. The van der Waals surface area contributed by atoms with Gasteiger partial charge in [-0.25, -0.2) is 4.39 Å². The average molecular weight is 457 g/mol. The van der Waals surface area contributed by atoms with Gasteiger partial charge in [-0.1, -0.05) is 48.5 Å². The van der Waals surface area contributed by atoms with Crippen LogP contribution in [0.3, 0.4) is 0 Å². The van der Waals surface area contributed by atoms with E-state index in [0.717, 1.165) is 11.3 Å². The van der Waals surface area contributed by atoms with Crippen molar-refractivity contribution in [3.8, 4) is 11.8 Å². The molecule has 1 amide bonds. The Morgan fingerprint density at radius 1 is 0.970 bits per heavy atom. The van der Waals surface area contributed by atoms with E-state index >= 15 is 0 Å². The van der Waals surface area contributed by atoms with Crippen molar-refractivity contribution in [1.82, 2.24) is 4.57 Å². The first-order chi connectivity index (χ1) is 16.1. The summed E-state index contributed by atoms with van der Waals surface area (Å²) in [6.45, 7) is 0. The molecule has 162 valence electrons. The lowest BCUT2D eigenvalue weighted by Gasteiger charge is -2.05. The van der Waals surface area contributed by atoms with Gasteiger partial charge >= 0.3 is 0 Å². The van der Waals surface area contributed by atoms with Crippen LogP contribution < -0.4 is 25.4 Å². The highest BCUT2D eigenvalue weighted by Crippen LogP contribution is 2.12. The second-order valence-electron chi connectivity index (χ2n) is 6.82. The minimum absolute atomic E-state index is 0.170. The lowest BCUT2D eigenvalue weighted by molar-refractivity contribution is -0.111. The van der Waals surface area contributed by atoms with Gasteiger partial charge in [0, 0.05) is 11.9 Å². The third-order valence-corrected chi connectivity index (χ3v) is 5.75. The SMILES string of the molecule is N#C/C(C(=O)Nc1ccccc1)=c1\s/c(=C\Nc2ccccc2F)c(=O)n1-c1ccccc1. The van der Waals surface area contributed by atoms with Gasteiger partial charge in [0.05, 0.1) is 11.4 Å². The van der Waals surface area contributed by atoms with Gasteiger partial charge in [0.1, 0.15) is 21.1 Å². The number of thiazole rings is 1. The average Bonchev–Trinajstić information content (AvgIpc) is 3.16. The summed E-state index contributed by atoms with van der Waals surface area (Å²) in [6, 6.07) is 25.4. The van der Waals surface area contributed by atoms with Crippen molar-refractivity contribution >= 4 is 40.4 Å². The monoisotopic (exact) mass is 456 g/mol. The van der Waals surface area contributed by atoms with Gasteiger partial charge in [0.25, 0.3) is 11.5 Å². The van der Waals surface area contributed by atoms with Crippen molar-refractivity contribution < 1.29 is 9.18 Å². The summed E-state index contributed by atoms with van der Waals surface area (Å²) in [6.07, 6.45) is 1.37. The van der Waals surface area contributed by atoms with E-state index in [4.69, 9.17) is 0 Å². The molecule has 0 saturated carbocycles. The topological polar surface area (TPSA) is 86.9 Å². The van der Waals surface area contributed by atoms with Gasteiger partial charge in [0.2, 0.25) is 0 Å². The highest BCUT2D eigenvalue weighted by molar-refractivity contribution is 7.07. The summed E-state index contributed by atoms with van der Waals surface area (Å²) in [4.78, 5) is 26.2. The summed E-state index contributed by atoms with van der Waals surface area (Å²) in [5.41, 5.74) is 0.568. The van der Waals surface area contributed by atoms with Crippen LogP contribution >= 0.6 is 11.3 Å². The molecule has 8 heteroatoms. The maximum atomic E-state index is 14.0. The highest BCUT2D eigenvalue weighted by Gasteiger charge is 2.17. The van der Waals surface area contributed by atoms with E-state index in [1.54, 1.807) is 66.7 Å². The Morgan fingerprint density at radius 3 is 2.27 bits per heavy atom. The third kappa shape index (κ3) is 4.74. The van der Waals surface area contributed by atoms with Crippen molar-refractivity contribution in [1.29, 1.82) is 5.26 Å². The second-order valence-corrected chi connectivity index (χ2v) is 7.85. The number of amides is 1. The Balaban J connectivity index is 1.89. The Bertz CT molecular complexity index is 1520. The molecule has 6 nitrogen and oxygen atoms in total. The summed E-state index contributed by atoms with van der Waals surface area (Å²) in [5.74, 6) is -1.11. The van der Waals surface area contributed by atoms with Crippen LogP contribution in [0.25, 0.3) is 17.5 Å². The molecule has 0 unspecified atom stereocenters. The maximum absolute atomic E-state index is 14.0. The Labute approximate surface area is 192 Å². The quantitative estimate of drug-likeness (QED) is 0.483. The molecule has 0 spiro atoms. The number of nitrogens with zero attached hydrogens (tertiary/aromatic N) is 2. The molecular weight excluding hydrogens is 439 g/mol. The largest absolute Gasteiger partial charge is 0.358 e. The number of para-hydroxylation sites is 3. The number of carbonyl (C=O) groups excluding carboxylic acids is 1. The van der Waals surface area contributed by atoms with E-state index in [2.05, 4.69) is 10.6 Å². The molecule has 4 aromatic rings. The molecule has 0 radical (unpaired) electrons. The number of carbonyl (C=O) groups is 1. The molecule has 4 rings (SSSR count). The molecule has 1 heterocycles. The Kier molecular flexibility index (Phi) is 6.43. The molecule has 33 heavy (non-hydrogen) atoms. The first-order valence-corrected chi connectivity index (χ1v) is 10.7. The summed E-state index contributed by atoms with van der Waals surface area (Å²) in [5, 5.41) is 15.3. The van der Waals surface area contributed by atoms with E-state index in [1.807, 2.05) is 12.1 Å². The van der Waals surface area contributed by atoms with Gasteiger partial charge < -0.3 is 10.6 Å². The lowest BCUT2D eigenvalue weighted by atomic mass is 10.2. The highest BCUT2D eigenvalue weighted by atomic mass is 32.1. The Morgan fingerprint density at radius 2 is 1.61 bits per heavy atom. The molecule has 0 aliphatic carbocycles. The van der Waals surface area contributed by atoms with Crippen LogP contribution in [-0.2, 0) is 4.79 Å². The van der Waals surface area contributed by atoms with E-state index in [0.29, 0.717) is 11.4 Å². The van der Waals surface area contributed by atoms with Crippen LogP contribution in [0.1, 0.15) is 0 Å². The van der Waals surface area contributed by atoms with Gasteiger partial charge in [-0.2, -0.15) is 5.26 Å². The number of anilines is 2. The van der Waals surface area contributed by atoms with Gasteiger partial charge in [-0.3, -0.25) is 14.2 Å². The first-order valence-electron chi connectivity index (χ1n) is 9.88. The summed E-state index contributed by atoms with van der Waals surface area (Å²) in [7, 11) is 0. The lowest BCUT2D eigenvalue weighted by Crippen LogP contribution is -2.32. The normalized spacial score (nSPS) is 12.1. The maximum Gasteiger partial charge on any atom is 0.275 e. The molecule has 1 aromatic heterocycles. The van der Waals surface area contributed by atoms with Crippen molar-refractivity contribution in [3.63, 3.8) is 0 Å². The van der Waals surface area contributed by atoms with E-state index < -0.39 is 17.3 Å². The van der Waals surface area contributed by atoms with Crippen molar-refractivity contribution in [2.45, 2.75) is 0 Å². The van der Waals surface area contributed by atoms with Crippen molar-refractivity contribution in [2.75, 3.05) is 10.6 Å². The first kappa shape index (κ1) is 21.7. The molecule has 2 N–H and O–H groups in total. The fourth-order valence-corrected chi connectivity index (χ4v) is 4.12. The van der Waals surface area contributed by atoms with Crippen LogP contribution in [0, 0.1) is 17.1 Å². The number of rotatable bonds is 5. The molecule has 3 aromatic carbocycles. The van der Waals surface area contributed by atoms with Gasteiger partial charge in [-0.15, -0.1) is 11.3 Å². The number of halogens is 1. The zero-order valence-corrected chi connectivity index (χ0v) is 18.0. The van der Waals surface area contributed by atoms with E-state index in [1.165, 1.54) is 22.9 Å². The van der Waals surface area contributed by atoms with Gasteiger partial charge in [-0.05, 0) is 36.4 Å². The van der Waals surface area contributed by atoms with Crippen molar-refractivity contribution in [2.24, 2.45) is 0 Å². The predicted molar refractivity (Wildman–Crippen MR) is 128 cm³/mol. The fraction of sp³-hybridized carbons (Fsp3) is 0. The standard InChI is InChI=1S/C25H17FN4O2S/c26-20-13-7-8-14-21(20)28-16-22-24(32)30(18-11-5-2-6-12-18)25(33-22)19(15-27)23(31)29-17-9-3-1-4-10-17/h1-14,16,28H,(H,29,31)/b22-16-,25-19+. The van der Waals surface area contributed by atoms with Crippen LogP contribution in [0.4, 0.5) is 15.8 Å². The third-order valence-electron chi connectivity index (χ3n) is 4.66. The zero-order valence-electron chi connectivity index (χ0n) is 17.2. The van der Waals surface area contributed by atoms with Crippen LogP contribution in [0.5, 0.6) is 0 Å². The van der Waals surface area contributed by atoms with E-state index in [-0.39, 0.29) is 20.5 Å².